The molecule has 1 atom stereocenters. The standard InChI is InChI=1S/C7H10O3S/c1-7(11(8,9)10)5-3-2-4-6-7/h2-5H,6H2,1H3,(H,8,9,10). The Kier molecular flexibility index (Phi) is 1.90. The second kappa shape index (κ2) is 2.46. The average molecular weight is 174 g/mol. The van der Waals surface area contributed by atoms with Crippen LogP contribution in [0.2, 0.25) is 0 Å². The van der Waals surface area contributed by atoms with Gasteiger partial charge in [0.2, 0.25) is 0 Å². The molecular weight excluding hydrogens is 164 g/mol. The van der Waals surface area contributed by atoms with Gasteiger partial charge < -0.3 is 0 Å². The van der Waals surface area contributed by atoms with E-state index in [-0.39, 0.29) is 0 Å². The van der Waals surface area contributed by atoms with E-state index in [0.717, 1.165) is 0 Å². The number of hydrogen-bond acceptors (Lipinski definition) is 2. The third kappa shape index (κ3) is 1.52. The van der Waals surface area contributed by atoms with Gasteiger partial charge in [0.1, 0.15) is 4.75 Å². The van der Waals surface area contributed by atoms with E-state index in [1.807, 2.05) is 0 Å². The molecular formula is C7H10O3S. The van der Waals surface area contributed by atoms with Crippen molar-refractivity contribution in [1.29, 1.82) is 0 Å². The van der Waals surface area contributed by atoms with E-state index < -0.39 is 14.9 Å². The van der Waals surface area contributed by atoms with Crippen LogP contribution < -0.4 is 0 Å². The van der Waals surface area contributed by atoms with Crippen molar-refractivity contribution in [1.82, 2.24) is 0 Å². The zero-order chi connectivity index (χ0) is 8.54. The Balaban J connectivity index is 3.04. The lowest BCUT2D eigenvalue weighted by Crippen LogP contribution is -2.32. The van der Waals surface area contributed by atoms with E-state index in [1.165, 1.54) is 13.0 Å². The Morgan fingerprint density at radius 3 is 2.36 bits per heavy atom. The van der Waals surface area contributed by atoms with Crippen LogP contribution in [-0.2, 0) is 10.1 Å². The Morgan fingerprint density at radius 2 is 2.09 bits per heavy atom. The quantitative estimate of drug-likeness (QED) is 0.607. The van der Waals surface area contributed by atoms with E-state index in [1.54, 1.807) is 18.2 Å². The summed E-state index contributed by atoms with van der Waals surface area (Å²) in [5.74, 6) is 0. The van der Waals surface area contributed by atoms with Crippen LogP contribution in [0.15, 0.2) is 24.3 Å². The molecule has 0 amide bonds. The fraction of sp³-hybridized carbons (Fsp3) is 0.429. The highest BCUT2D eigenvalue weighted by molar-refractivity contribution is 7.87. The van der Waals surface area contributed by atoms with Crippen molar-refractivity contribution in [2.75, 3.05) is 0 Å². The van der Waals surface area contributed by atoms with E-state index in [2.05, 4.69) is 0 Å². The Labute approximate surface area is 66.2 Å². The zero-order valence-electron chi connectivity index (χ0n) is 6.19. The molecule has 1 rings (SSSR count). The maximum atomic E-state index is 10.8. The summed E-state index contributed by atoms with van der Waals surface area (Å²) in [7, 11) is -3.96. The molecule has 0 spiro atoms. The molecule has 0 saturated carbocycles. The Bertz CT molecular complexity index is 300. The third-order valence-electron chi connectivity index (χ3n) is 1.81. The topological polar surface area (TPSA) is 54.4 Å². The van der Waals surface area contributed by atoms with Crippen molar-refractivity contribution in [3.8, 4) is 0 Å². The van der Waals surface area contributed by atoms with Gasteiger partial charge in [-0.05, 0) is 13.3 Å². The predicted molar refractivity (Wildman–Crippen MR) is 42.9 cm³/mol. The molecule has 0 aromatic carbocycles. The summed E-state index contributed by atoms with van der Waals surface area (Å²) in [4.78, 5) is 0. The van der Waals surface area contributed by atoms with Crippen LogP contribution in [0.4, 0.5) is 0 Å². The van der Waals surface area contributed by atoms with Gasteiger partial charge in [0.25, 0.3) is 10.1 Å². The van der Waals surface area contributed by atoms with E-state index in [4.69, 9.17) is 4.55 Å². The molecule has 0 aromatic heterocycles. The molecule has 0 saturated heterocycles. The van der Waals surface area contributed by atoms with E-state index in [9.17, 15) is 8.42 Å². The van der Waals surface area contributed by atoms with Crippen molar-refractivity contribution < 1.29 is 13.0 Å². The van der Waals surface area contributed by atoms with Crippen LogP contribution in [0.25, 0.3) is 0 Å². The van der Waals surface area contributed by atoms with Gasteiger partial charge >= 0.3 is 0 Å². The first kappa shape index (κ1) is 8.49. The third-order valence-corrected chi connectivity index (χ3v) is 3.29. The van der Waals surface area contributed by atoms with Crippen LogP contribution in [0.3, 0.4) is 0 Å². The van der Waals surface area contributed by atoms with E-state index >= 15 is 0 Å². The first-order valence-electron chi connectivity index (χ1n) is 3.27. The van der Waals surface area contributed by atoms with Gasteiger partial charge in [0.15, 0.2) is 0 Å². The molecule has 0 heterocycles. The molecule has 0 aliphatic heterocycles. The second-order valence-corrected chi connectivity index (χ2v) is 4.66. The first-order valence-corrected chi connectivity index (χ1v) is 4.71. The molecule has 3 nitrogen and oxygen atoms in total. The zero-order valence-corrected chi connectivity index (χ0v) is 7.00. The molecule has 1 N–H and O–H groups in total. The maximum absolute atomic E-state index is 10.8. The second-order valence-electron chi connectivity index (χ2n) is 2.78. The van der Waals surface area contributed by atoms with Gasteiger partial charge in [-0.25, -0.2) is 0 Å². The summed E-state index contributed by atoms with van der Waals surface area (Å²) < 4.78 is 29.2. The SMILES string of the molecule is CC1(S(=O)(=O)O)C=CC=CC1. The summed E-state index contributed by atoms with van der Waals surface area (Å²) >= 11 is 0. The summed E-state index contributed by atoms with van der Waals surface area (Å²) in [6, 6.07) is 0. The highest BCUT2D eigenvalue weighted by Gasteiger charge is 2.34. The van der Waals surface area contributed by atoms with Crippen LogP contribution in [0.5, 0.6) is 0 Å². The highest BCUT2D eigenvalue weighted by atomic mass is 32.2. The minimum atomic E-state index is -3.96. The first-order chi connectivity index (χ1) is 4.96. The normalized spacial score (nSPS) is 30.7. The minimum Gasteiger partial charge on any atom is -0.285 e. The summed E-state index contributed by atoms with van der Waals surface area (Å²) in [6.07, 6.45) is 6.92. The summed E-state index contributed by atoms with van der Waals surface area (Å²) in [6.45, 7) is 1.49. The molecule has 1 aliphatic rings. The molecule has 4 heteroatoms. The molecule has 0 bridgehead atoms. The summed E-state index contributed by atoms with van der Waals surface area (Å²) in [5, 5.41) is 0. The summed E-state index contributed by atoms with van der Waals surface area (Å²) in [5.41, 5.74) is 0. The molecule has 1 unspecified atom stereocenters. The Morgan fingerprint density at radius 1 is 1.45 bits per heavy atom. The number of hydrogen-bond donors (Lipinski definition) is 1. The fourth-order valence-electron chi connectivity index (χ4n) is 0.899. The number of rotatable bonds is 1. The largest absolute Gasteiger partial charge is 0.285 e. The lowest BCUT2D eigenvalue weighted by atomic mass is 10.0. The van der Waals surface area contributed by atoms with Crippen molar-refractivity contribution in [2.45, 2.75) is 18.1 Å². The lowest BCUT2D eigenvalue weighted by molar-refractivity contribution is 0.452. The molecule has 11 heavy (non-hydrogen) atoms. The van der Waals surface area contributed by atoms with Gasteiger partial charge in [-0.2, -0.15) is 8.42 Å². The average Bonchev–Trinajstić information content (AvgIpc) is 1.87. The highest BCUT2D eigenvalue weighted by Crippen LogP contribution is 2.25. The van der Waals surface area contributed by atoms with Crippen LogP contribution in [0.1, 0.15) is 13.3 Å². The van der Waals surface area contributed by atoms with Crippen LogP contribution in [0, 0.1) is 0 Å². The van der Waals surface area contributed by atoms with Crippen molar-refractivity contribution in [2.24, 2.45) is 0 Å². The molecule has 0 fully saturated rings. The maximum Gasteiger partial charge on any atom is 0.274 e. The van der Waals surface area contributed by atoms with Gasteiger partial charge in [-0.1, -0.05) is 24.3 Å². The van der Waals surface area contributed by atoms with Gasteiger partial charge in [0, 0.05) is 0 Å². The molecule has 0 radical (unpaired) electrons. The van der Waals surface area contributed by atoms with Gasteiger partial charge in [-0.15, -0.1) is 0 Å². The molecule has 62 valence electrons. The monoisotopic (exact) mass is 174 g/mol. The van der Waals surface area contributed by atoms with Gasteiger partial charge in [-0.3, -0.25) is 4.55 Å². The fourth-order valence-corrected chi connectivity index (χ4v) is 1.46. The van der Waals surface area contributed by atoms with Crippen LogP contribution >= 0.6 is 0 Å². The number of allylic oxidation sites excluding steroid dienone is 3. The van der Waals surface area contributed by atoms with E-state index in [0.29, 0.717) is 6.42 Å². The minimum absolute atomic E-state index is 0.336. The van der Waals surface area contributed by atoms with Crippen molar-refractivity contribution in [3.63, 3.8) is 0 Å². The predicted octanol–water partition coefficient (Wildman–Crippen LogP) is 1.15. The van der Waals surface area contributed by atoms with Crippen molar-refractivity contribution in [3.05, 3.63) is 24.3 Å². The smallest absolute Gasteiger partial charge is 0.274 e. The lowest BCUT2D eigenvalue weighted by Gasteiger charge is -2.21. The van der Waals surface area contributed by atoms with Crippen LogP contribution in [-0.4, -0.2) is 17.7 Å². The molecule has 0 aromatic rings. The van der Waals surface area contributed by atoms with Gasteiger partial charge in [0.05, 0.1) is 0 Å². The Hall–Kier alpha value is -0.610. The van der Waals surface area contributed by atoms with Crippen molar-refractivity contribution >= 4 is 10.1 Å². The molecule has 1 aliphatic carbocycles.